The van der Waals surface area contributed by atoms with Crippen LogP contribution in [-0.4, -0.2) is 96.7 Å². The van der Waals surface area contributed by atoms with E-state index in [0.29, 0.717) is 25.7 Å². The Balaban J connectivity index is 5.21. The van der Waals surface area contributed by atoms with Crippen LogP contribution in [0.15, 0.2) is 0 Å². The van der Waals surface area contributed by atoms with E-state index in [1.165, 1.54) is 238 Å². The van der Waals surface area contributed by atoms with E-state index in [9.17, 15) is 43.2 Å². The Kier molecular flexibility index (Phi) is 70.3. The standard InChI is InChI=1S/C80H156O17P2/c1-7-9-11-13-15-17-19-20-21-27-30-34-38-45-51-57-63-78(83)91-68-75(96-79(84)64-58-52-46-39-35-31-28-25-23-22-24-26-29-33-36-42-48-54-60-72(3)4)70-94-98(86,87)92-66-74(81)67-93-99(88,89)95-71-76(97-80(85)65-59-53-47-41-40-43-49-55-61-73(5)6)69-90-77(82)62-56-50-44-37-32-18-16-14-12-10-8-2/h72-76,81H,7-71H2,1-6H3,(H,86,87)(H,88,89)/t74-,75-,76-/m1/s1. The number of hydrogen-bond acceptors (Lipinski definition) is 15. The van der Waals surface area contributed by atoms with Crippen molar-refractivity contribution in [1.29, 1.82) is 0 Å². The lowest BCUT2D eigenvalue weighted by atomic mass is 10.0. The van der Waals surface area contributed by atoms with E-state index < -0.39 is 97.5 Å². The molecule has 0 saturated heterocycles. The van der Waals surface area contributed by atoms with Gasteiger partial charge in [-0.05, 0) is 37.5 Å². The van der Waals surface area contributed by atoms with Crippen LogP contribution >= 0.6 is 15.6 Å². The summed E-state index contributed by atoms with van der Waals surface area (Å²) in [6.45, 7) is 9.62. The maximum atomic E-state index is 13.1. The van der Waals surface area contributed by atoms with Gasteiger partial charge in [0.15, 0.2) is 12.2 Å². The number of rotatable bonds is 79. The third-order valence-corrected chi connectivity index (χ3v) is 20.6. The molecule has 0 aliphatic carbocycles. The molecule has 0 bridgehead atoms. The summed E-state index contributed by atoms with van der Waals surface area (Å²) in [5, 5.41) is 10.6. The van der Waals surface area contributed by atoms with E-state index in [1.54, 1.807) is 0 Å². The SMILES string of the molecule is CCCCCCCCCCCCCCCCCCC(=O)OC[C@H](COP(=O)(O)OC[C@@H](O)COP(=O)(O)OC[C@@H](COC(=O)CCCCCCCCCCCCC)OC(=O)CCCCCCCCCCC(C)C)OC(=O)CCCCCCCCCCCCCCCCCCCCC(C)C. The van der Waals surface area contributed by atoms with Gasteiger partial charge in [-0.25, -0.2) is 9.13 Å². The van der Waals surface area contributed by atoms with Gasteiger partial charge in [-0.2, -0.15) is 0 Å². The van der Waals surface area contributed by atoms with Crippen molar-refractivity contribution in [3.8, 4) is 0 Å². The van der Waals surface area contributed by atoms with Crippen LogP contribution in [0.5, 0.6) is 0 Å². The van der Waals surface area contributed by atoms with E-state index in [2.05, 4.69) is 41.5 Å². The molecule has 0 aliphatic rings. The largest absolute Gasteiger partial charge is 0.472 e. The molecular formula is C80H156O17P2. The lowest BCUT2D eigenvalue weighted by molar-refractivity contribution is -0.161. The van der Waals surface area contributed by atoms with Gasteiger partial charge in [0.05, 0.1) is 26.4 Å². The molecule has 0 spiro atoms. The molecule has 3 N–H and O–H groups in total. The highest BCUT2D eigenvalue weighted by molar-refractivity contribution is 7.47. The van der Waals surface area contributed by atoms with Crippen LogP contribution in [0.3, 0.4) is 0 Å². The van der Waals surface area contributed by atoms with E-state index in [0.717, 1.165) is 102 Å². The Bertz CT molecular complexity index is 1910. The number of unbranched alkanes of at least 4 members (excludes halogenated alkanes) is 49. The maximum Gasteiger partial charge on any atom is 0.472 e. The van der Waals surface area contributed by atoms with Crippen molar-refractivity contribution in [2.24, 2.45) is 11.8 Å². The first-order chi connectivity index (χ1) is 47.9. The molecule has 0 radical (unpaired) electrons. The zero-order valence-corrected chi connectivity index (χ0v) is 66.6. The van der Waals surface area contributed by atoms with Gasteiger partial charge in [-0.15, -0.1) is 0 Å². The molecule has 99 heavy (non-hydrogen) atoms. The molecule has 0 aromatic rings. The third-order valence-electron chi connectivity index (χ3n) is 18.7. The molecule has 0 saturated carbocycles. The van der Waals surface area contributed by atoms with Crippen molar-refractivity contribution in [2.75, 3.05) is 39.6 Å². The smallest absolute Gasteiger partial charge is 0.462 e. The van der Waals surface area contributed by atoms with Crippen molar-refractivity contribution in [3.05, 3.63) is 0 Å². The van der Waals surface area contributed by atoms with Crippen molar-refractivity contribution in [2.45, 2.75) is 439 Å². The molecule has 5 atom stereocenters. The van der Waals surface area contributed by atoms with Crippen molar-refractivity contribution >= 4 is 39.5 Å². The highest BCUT2D eigenvalue weighted by Crippen LogP contribution is 2.45. The topological polar surface area (TPSA) is 237 Å². The van der Waals surface area contributed by atoms with Crippen LogP contribution < -0.4 is 0 Å². The molecule has 588 valence electrons. The summed E-state index contributed by atoms with van der Waals surface area (Å²) >= 11 is 0. The predicted octanol–water partition coefficient (Wildman–Crippen LogP) is 23.9. The molecule has 0 rings (SSSR count). The molecule has 2 unspecified atom stereocenters. The number of esters is 4. The van der Waals surface area contributed by atoms with Gasteiger partial charge >= 0.3 is 39.5 Å². The van der Waals surface area contributed by atoms with E-state index in [4.69, 9.17) is 37.0 Å². The van der Waals surface area contributed by atoms with Crippen molar-refractivity contribution in [1.82, 2.24) is 0 Å². The average Bonchev–Trinajstić information content (AvgIpc) is 0.970. The summed E-state index contributed by atoms with van der Waals surface area (Å²) < 4.78 is 68.6. The molecular weight excluding hydrogens is 1290 g/mol. The second kappa shape index (κ2) is 71.7. The summed E-state index contributed by atoms with van der Waals surface area (Å²) in [5.41, 5.74) is 0. The van der Waals surface area contributed by atoms with Gasteiger partial charge in [0.2, 0.25) is 0 Å². The second-order valence-electron chi connectivity index (χ2n) is 29.8. The van der Waals surface area contributed by atoms with E-state index >= 15 is 0 Å². The number of aliphatic hydroxyl groups excluding tert-OH is 1. The summed E-state index contributed by atoms with van der Waals surface area (Å²) in [6, 6.07) is 0. The van der Waals surface area contributed by atoms with Crippen LogP contribution in [0.1, 0.15) is 420 Å². The number of aliphatic hydroxyl groups is 1. The minimum absolute atomic E-state index is 0.105. The molecule has 0 heterocycles. The van der Waals surface area contributed by atoms with Gasteiger partial charge in [0.25, 0.3) is 0 Å². The number of carbonyl (C=O) groups excluding carboxylic acids is 4. The molecule has 0 aromatic carbocycles. The lowest BCUT2D eigenvalue weighted by Gasteiger charge is -2.21. The Hall–Kier alpha value is -1.94. The molecule has 0 aliphatic heterocycles. The number of carbonyl (C=O) groups is 4. The second-order valence-corrected chi connectivity index (χ2v) is 32.7. The molecule has 0 aromatic heterocycles. The van der Waals surface area contributed by atoms with Gasteiger partial charge in [-0.1, -0.05) is 369 Å². The summed E-state index contributed by atoms with van der Waals surface area (Å²) in [4.78, 5) is 72.9. The fourth-order valence-corrected chi connectivity index (χ4v) is 13.9. The lowest BCUT2D eigenvalue weighted by Crippen LogP contribution is -2.30. The zero-order valence-electron chi connectivity index (χ0n) is 64.8. The minimum atomic E-state index is -4.96. The van der Waals surface area contributed by atoms with Gasteiger partial charge < -0.3 is 33.8 Å². The Morgan fingerprint density at radius 1 is 0.273 bits per heavy atom. The fraction of sp³-hybridized carbons (Fsp3) is 0.950. The summed E-state index contributed by atoms with van der Waals surface area (Å²) in [5.74, 6) is -0.572. The molecule has 17 nitrogen and oxygen atoms in total. The zero-order chi connectivity index (χ0) is 72.8. The Labute approximate surface area is 607 Å². The fourth-order valence-electron chi connectivity index (χ4n) is 12.4. The van der Waals surface area contributed by atoms with E-state index in [1.807, 2.05) is 0 Å². The summed E-state index contributed by atoms with van der Waals surface area (Å²) in [7, 11) is -9.92. The average molecular weight is 1450 g/mol. The minimum Gasteiger partial charge on any atom is -0.462 e. The first-order valence-corrected chi connectivity index (χ1v) is 44.5. The van der Waals surface area contributed by atoms with Gasteiger partial charge in [-0.3, -0.25) is 37.3 Å². The normalized spacial score (nSPS) is 13.9. The highest BCUT2D eigenvalue weighted by Gasteiger charge is 2.30. The molecule has 0 amide bonds. The van der Waals surface area contributed by atoms with Crippen LogP contribution in [-0.2, 0) is 65.4 Å². The number of hydrogen-bond donors (Lipinski definition) is 3. The third kappa shape index (κ3) is 74.1. The van der Waals surface area contributed by atoms with Crippen LogP contribution in [0.2, 0.25) is 0 Å². The van der Waals surface area contributed by atoms with E-state index in [-0.39, 0.29) is 25.7 Å². The Morgan fingerprint density at radius 2 is 0.465 bits per heavy atom. The van der Waals surface area contributed by atoms with Crippen molar-refractivity contribution < 1.29 is 80.2 Å². The Morgan fingerprint density at radius 3 is 0.687 bits per heavy atom. The number of ether oxygens (including phenoxy) is 4. The first-order valence-electron chi connectivity index (χ1n) is 41.5. The molecule has 19 heteroatoms. The monoisotopic (exact) mass is 1450 g/mol. The molecule has 0 fully saturated rings. The predicted molar refractivity (Wildman–Crippen MR) is 405 cm³/mol. The van der Waals surface area contributed by atoms with Crippen LogP contribution in [0.25, 0.3) is 0 Å². The first kappa shape index (κ1) is 97.1. The van der Waals surface area contributed by atoms with Gasteiger partial charge in [0.1, 0.15) is 19.3 Å². The quantitative estimate of drug-likeness (QED) is 0.0222. The number of phosphoric acid groups is 2. The van der Waals surface area contributed by atoms with Gasteiger partial charge in [0, 0.05) is 25.7 Å². The van der Waals surface area contributed by atoms with Crippen molar-refractivity contribution in [3.63, 3.8) is 0 Å². The highest BCUT2D eigenvalue weighted by atomic mass is 31.2. The summed E-state index contributed by atoms with van der Waals surface area (Å²) in [6.07, 6.45) is 61.1. The van der Waals surface area contributed by atoms with Crippen LogP contribution in [0.4, 0.5) is 0 Å². The van der Waals surface area contributed by atoms with Crippen LogP contribution in [0, 0.1) is 11.8 Å². The maximum absolute atomic E-state index is 13.1. The number of phosphoric ester groups is 2.